The predicted octanol–water partition coefficient (Wildman–Crippen LogP) is 2.87. The lowest BCUT2D eigenvalue weighted by Crippen LogP contribution is -2.39. The summed E-state index contributed by atoms with van der Waals surface area (Å²) in [5.41, 5.74) is 1.12. The predicted molar refractivity (Wildman–Crippen MR) is 82.3 cm³/mol. The van der Waals surface area contributed by atoms with E-state index in [1.165, 1.54) is 6.07 Å². The lowest BCUT2D eigenvalue weighted by Gasteiger charge is -2.27. The molecule has 1 unspecified atom stereocenters. The average molecular weight is 292 g/mol. The molecule has 0 spiro atoms. The van der Waals surface area contributed by atoms with Gasteiger partial charge >= 0.3 is 12.0 Å². The molecule has 1 aromatic carbocycles. The second kappa shape index (κ2) is 7.11. The fourth-order valence-electron chi connectivity index (χ4n) is 1.61. The van der Waals surface area contributed by atoms with Gasteiger partial charge in [-0.2, -0.15) is 0 Å². The van der Waals surface area contributed by atoms with Crippen LogP contribution in [0.4, 0.5) is 4.79 Å². The number of carboxylic acid groups (broad SMARTS) is 1. The van der Waals surface area contributed by atoms with Crippen LogP contribution in [0.5, 0.6) is 0 Å². The lowest BCUT2D eigenvalue weighted by molar-refractivity contribution is 0.0696. The largest absolute Gasteiger partial charge is 0.478 e. The topological polar surface area (TPSA) is 78.4 Å². The fourth-order valence-corrected chi connectivity index (χ4v) is 1.61. The Labute approximate surface area is 125 Å². The summed E-state index contributed by atoms with van der Waals surface area (Å²) in [6, 6.07) is 6.29. The number of carbonyl (C=O) groups excluding carboxylic acids is 1. The van der Waals surface area contributed by atoms with E-state index in [4.69, 9.17) is 5.11 Å². The minimum absolute atomic E-state index is 0.142. The van der Waals surface area contributed by atoms with Crippen LogP contribution in [0.1, 0.15) is 43.6 Å². The van der Waals surface area contributed by atoms with E-state index in [0.29, 0.717) is 19.0 Å². The van der Waals surface area contributed by atoms with Gasteiger partial charge in [-0.15, -0.1) is 0 Å². The summed E-state index contributed by atoms with van der Waals surface area (Å²) < 4.78 is 0. The van der Waals surface area contributed by atoms with Crippen molar-refractivity contribution in [3.8, 4) is 0 Å². The standard InChI is InChI=1S/C16H24N2O3/c1-11(16(2,3)4)9-17-15(21)18-10-12-6-5-7-13(8-12)14(19)20/h5-8,11H,9-10H2,1-4H3,(H,19,20)(H2,17,18,21). The Morgan fingerprint density at radius 3 is 2.48 bits per heavy atom. The molecule has 3 N–H and O–H groups in total. The van der Waals surface area contributed by atoms with E-state index in [0.717, 1.165) is 5.56 Å². The number of urea groups is 1. The van der Waals surface area contributed by atoms with Crippen LogP contribution < -0.4 is 10.6 Å². The first-order valence-electron chi connectivity index (χ1n) is 7.04. The number of hydrogen-bond donors (Lipinski definition) is 3. The third-order valence-corrected chi connectivity index (χ3v) is 3.67. The zero-order chi connectivity index (χ0) is 16.0. The van der Waals surface area contributed by atoms with Gasteiger partial charge in [0.25, 0.3) is 0 Å². The number of nitrogens with one attached hydrogen (secondary N) is 2. The number of benzene rings is 1. The molecule has 5 nitrogen and oxygen atoms in total. The molecule has 1 aromatic rings. The Hall–Kier alpha value is -2.04. The van der Waals surface area contributed by atoms with Gasteiger partial charge in [-0.25, -0.2) is 9.59 Å². The minimum atomic E-state index is -0.972. The van der Waals surface area contributed by atoms with Gasteiger partial charge in [0.15, 0.2) is 0 Å². The van der Waals surface area contributed by atoms with Crippen LogP contribution in [0.2, 0.25) is 0 Å². The highest BCUT2D eigenvalue weighted by atomic mass is 16.4. The van der Waals surface area contributed by atoms with Crippen molar-refractivity contribution in [3.63, 3.8) is 0 Å². The fraction of sp³-hybridized carbons (Fsp3) is 0.500. The van der Waals surface area contributed by atoms with Crippen LogP contribution in [0, 0.1) is 11.3 Å². The molecule has 116 valence electrons. The van der Waals surface area contributed by atoms with Crippen LogP contribution in [0.25, 0.3) is 0 Å². The van der Waals surface area contributed by atoms with Crippen molar-refractivity contribution < 1.29 is 14.7 Å². The molecule has 0 aromatic heterocycles. The lowest BCUT2D eigenvalue weighted by atomic mass is 9.82. The molecule has 0 saturated carbocycles. The van der Waals surface area contributed by atoms with Gasteiger partial charge in [-0.1, -0.05) is 39.8 Å². The van der Waals surface area contributed by atoms with E-state index in [9.17, 15) is 9.59 Å². The molecule has 0 aliphatic rings. The molecule has 0 radical (unpaired) electrons. The van der Waals surface area contributed by atoms with Crippen molar-refractivity contribution in [3.05, 3.63) is 35.4 Å². The summed E-state index contributed by atoms with van der Waals surface area (Å²) in [5, 5.41) is 14.5. The maximum Gasteiger partial charge on any atom is 0.335 e. The van der Waals surface area contributed by atoms with Gasteiger partial charge in [0.2, 0.25) is 0 Å². The summed E-state index contributed by atoms with van der Waals surface area (Å²) in [7, 11) is 0. The van der Waals surface area contributed by atoms with E-state index in [1.807, 2.05) is 0 Å². The number of rotatable bonds is 5. The Morgan fingerprint density at radius 1 is 1.24 bits per heavy atom. The Balaban J connectivity index is 2.43. The number of amides is 2. The van der Waals surface area contributed by atoms with Crippen LogP contribution in [-0.2, 0) is 6.54 Å². The van der Waals surface area contributed by atoms with Gasteiger partial charge in [0, 0.05) is 13.1 Å². The van der Waals surface area contributed by atoms with E-state index in [2.05, 4.69) is 38.3 Å². The Bertz CT molecular complexity index is 506. The third kappa shape index (κ3) is 5.85. The average Bonchev–Trinajstić information content (AvgIpc) is 2.41. The Kier molecular flexibility index (Phi) is 5.76. The molecule has 0 saturated heterocycles. The molecule has 0 bridgehead atoms. The second-order valence-corrected chi connectivity index (χ2v) is 6.34. The maximum absolute atomic E-state index is 11.7. The van der Waals surface area contributed by atoms with E-state index in [1.54, 1.807) is 18.2 Å². The first-order valence-corrected chi connectivity index (χ1v) is 7.04. The minimum Gasteiger partial charge on any atom is -0.478 e. The molecule has 0 aliphatic heterocycles. The van der Waals surface area contributed by atoms with Crippen molar-refractivity contribution in [2.24, 2.45) is 11.3 Å². The molecular formula is C16H24N2O3. The van der Waals surface area contributed by atoms with E-state index in [-0.39, 0.29) is 17.0 Å². The van der Waals surface area contributed by atoms with Crippen molar-refractivity contribution in [1.29, 1.82) is 0 Å². The highest BCUT2D eigenvalue weighted by molar-refractivity contribution is 5.87. The molecule has 1 rings (SSSR count). The highest BCUT2D eigenvalue weighted by Gasteiger charge is 2.20. The third-order valence-electron chi connectivity index (χ3n) is 3.67. The molecule has 0 heterocycles. The summed E-state index contributed by atoms with van der Waals surface area (Å²) in [6.07, 6.45) is 0. The van der Waals surface area contributed by atoms with Gasteiger partial charge in [0.05, 0.1) is 5.56 Å². The van der Waals surface area contributed by atoms with Crippen molar-refractivity contribution in [1.82, 2.24) is 10.6 Å². The van der Waals surface area contributed by atoms with Crippen LogP contribution in [-0.4, -0.2) is 23.7 Å². The smallest absolute Gasteiger partial charge is 0.335 e. The van der Waals surface area contributed by atoms with Crippen molar-refractivity contribution >= 4 is 12.0 Å². The summed E-state index contributed by atoms with van der Waals surface area (Å²) >= 11 is 0. The number of carboxylic acids is 1. The molecule has 21 heavy (non-hydrogen) atoms. The quantitative estimate of drug-likeness (QED) is 0.781. The molecule has 0 aliphatic carbocycles. The molecular weight excluding hydrogens is 268 g/mol. The molecule has 5 heteroatoms. The summed E-state index contributed by atoms with van der Waals surface area (Å²) in [5.74, 6) is -0.612. The molecule has 0 fully saturated rings. The second-order valence-electron chi connectivity index (χ2n) is 6.34. The number of aromatic carboxylic acids is 1. The number of hydrogen-bond acceptors (Lipinski definition) is 2. The van der Waals surface area contributed by atoms with Crippen molar-refractivity contribution in [2.45, 2.75) is 34.2 Å². The van der Waals surface area contributed by atoms with E-state index >= 15 is 0 Å². The summed E-state index contributed by atoms with van der Waals surface area (Å²) in [6.45, 7) is 9.40. The maximum atomic E-state index is 11.7. The van der Waals surface area contributed by atoms with Gasteiger partial charge in [-0.3, -0.25) is 0 Å². The zero-order valence-corrected chi connectivity index (χ0v) is 13.1. The first kappa shape index (κ1) is 17.0. The van der Waals surface area contributed by atoms with Crippen LogP contribution in [0.3, 0.4) is 0 Å². The zero-order valence-electron chi connectivity index (χ0n) is 13.1. The van der Waals surface area contributed by atoms with Crippen molar-refractivity contribution in [2.75, 3.05) is 6.54 Å². The first-order chi connectivity index (χ1) is 9.70. The summed E-state index contributed by atoms with van der Waals surface area (Å²) in [4.78, 5) is 22.6. The SMILES string of the molecule is CC(CNC(=O)NCc1cccc(C(=O)O)c1)C(C)(C)C. The normalized spacial score (nSPS) is 12.6. The number of carbonyl (C=O) groups is 2. The highest BCUT2D eigenvalue weighted by Crippen LogP contribution is 2.24. The van der Waals surface area contributed by atoms with Gasteiger partial charge in [-0.05, 0) is 29.0 Å². The Morgan fingerprint density at radius 2 is 1.90 bits per heavy atom. The van der Waals surface area contributed by atoms with Gasteiger partial charge in [0.1, 0.15) is 0 Å². The van der Waals surface area contributed by atoms with Crippen LogP contribution in [0.15, 0.2) is 24.3 Å². The van der Waals surface area contributed by atoms with Crippen LogP contribution >= 0.6 is 0 Å². The van der Waals surface area contributed by atoms with E-state index < -0.39 is 5.97 Å². The van der Waals surface area contributed by atoms with Gasteiger partial charge < -0.3 is 15.7 Å². The monoisotopic (exact) mass is 292 g/mol. The molecule has 1 atom stereocenters. The molecule has 2 amide bonds.